The Balaban J connectivity index is 2.09. The van der Waals surface area contributed by atoms with Crippen molar-refractivity contribution in [3.8, 4) is 0 Å². The zero-order chi connectivity index (χ0) is 30.4. The quantitative estimate of drug-likeness (QED) is 0.0749. The third-order valence-electron chi connectivity index (χ3n) is 10.2. The summed E-state index contributed by atoms with van der Waals surface area (Å²) >= 11 is 0. The van der Waals surface area contributed by atoms with E-state index in [0.717, 1.165) is 5.92 Å². The van der Waals surface area contributed by atoms with Gasteiger partial charge in [0, 0.05) is 17.9 Å². The number of rotatable bonds is 33. The van der Waals surface area contributed by atoms with Gasteiger partial charge in [-0.05, 0) is 32.6 Å². The van der Waals surface area contributed by atoms with Crippen LogP contribution in [0.5, 0.6) is 0 Å². The van der Waals surface area contributed by atoms with E-state index in [9.17, 15) is 0 Å². The molecule has 0 saturated carbocycles. The van der Waals surface area contributed by atoms with Gasteiger partial charge in [0.05, 0.1) is 6.33 Å². The largest absolute Gasteiger partial charge is 0.332 e. The van der Waals surface area contributed by atoms with Crippen molar-refractivity contribution in [1.29, 1.82) is 0 Å². The van der Waals surface area contributed by atoms with Gasteiger partial charge in [0.1, 0.15) is 0 Å². The van der Waals surface area contributed by atoms with Crippen LogP contribution >= 0.6 is 0 Å². The molecule has 1 rings (SSSR count). The molecule has 1 aromatic heterocycles. The van der Waals surface area contributed by atoms with Gasteiger partial charge in [0.15, 0.2) is 0 Å². The number of imidazole rings is 1. The van der Waals surface area contributed by atoms with Crippen molar-refractivity contribution in [3.63, 3.8) is 0 Å². The summed E-state index contributed by atoms with van der Waals surface area (Å²) in [5.74, 6) is 0.756. The second kappa shape index (κ2) is 29.0. The summed E-state index contributed by atoms with van der Waals surface area (Å²) in [6, 6.07) is 0. The van der Waals surface area contributed by atoms with Gasteiger partial charge in [-0.15, -0.1) is 0 Å². The van der Waals surface area contributed by atoms with E-state index in [2.05, 4.69) is 43.4 Å². The molecule has 0 N–H and O–H groups in total. The third kappa shape index (κ3) is 21.8. The van der Waals surface area contributed by atoms with Gasteiger partial charge in [-0.1, -0.05) is 200 Å². The minimum absolute atomic E-state index is 0.170. The molecule has 0 fully saturated rings. The maximum Gasteiger partial charge on any atom is 0.0951 e. The van der Waals surface area contributed by atoms with Gasteiger partial charge in [0.25, 0.3) is 0 Å². The number of aromatic nitrogens is 2. The first-order valence-corrected chi connectivity index (χ1v) is 19.6. The molecule has 0 aliphatic heterocycles. The van der Waals surface area contributed by atoms with E-state index < -0.39 is 0 Å². The van der Waals surface area contributed by atoms with Crippen LogP contribution in [0.4, 0.5) is 0 Å². The van der Waals surface area contributed by atoms with E-state index in [1.165, 1.54) is 199 Å². The maximum atomic E-state index is 4.38. The normalized spacial score (nSPS) is 12.8. The lowest BCUT2D eigenvalue weighted by Crippen LogP contribution is -2.34. The Kier molecular flexibility index (Phi) is 27.0. The predicted molar refractivity (Wildman–Crippen MR) is 190 cm³/mol. The molecular formula is C40H78N2. The minimum atomic E-state index is 0.170. The summed E-state index contributed by atoms with van der Waals surface area (Å²) in [6.07, 6.45) is 50.9. The SMILES string of the molecule is CCCCCCCCCCCCCCCCCCC(CCCCCCCCCCCCCCC)C(C)(C)n1ccnc1. The fourth-order valence-corrected chi connectivity index (χ4v) is 7.01. The highest BCUT2D eigenvalue weighted by atomic mass is 15.1. The van der Waals surface area contributed by atoms with Crippen LogP contribution in [-0.2, 0) is 5.54 Å². The predicted octanol–water partition coefficient (Wildman–Crippen LogP) is 14.4. The summed E-state index contributed by atoms with van der Waals surface area (Å²) in [5.41, 5.74) is 0.170. The van der Waals surface area contributed by atoms with E-state index in [4.69, 9.17) is 0 Å². The van der Waals surface area contributed by atoms with Gasteiger partial charge >= 0.3 is 0 Å². The van der Waals surface area contributed by atoms with E-state index in [0.29, 0.717) is 0 Å². The molecule has 0 saturated heterocycles. The monoisotopic (exact) mass is 587 g/mol. The number of hydrogen-bond donors (Lipinski definition) is 0. The fourth-order valence-electron chi connectivity index (χ4n) is 7.01. The molecule has 0 amide bonds. The Morgan fingerprint density at radius 1 is 0.452 bits per heavy atom. The van der Waals surface area contributed by atoms with Gasteiger partial charge in [0.2, 0.25) is 0 Å². The average molecular weight is 587 g/mol. The lowest BCUT2D eigenvalue weighted by atomic mass is 9.79. The second-order valence-corrected chi connectivity index (χ2v) is 14.4. The van der Waals surface area contributed by atoms with E-state index in [1.54, 1.807) is 0 Å². The molecule has 248 valence electrons. The van der Waals surface area contributed by atoms with Crippen LogP contribution in [0.2, 0.25) is 0 Å². The minimum Gasteiger partial charge on any atom is -0.332 e. The lowest BCUT2D eigenvalue weighted by molar-refractivity contribution is 0.181. The molecule has 2 nitrogen and oxygen atoms in total. The van der Waals surface area contributed by atoms with Crippen molar-refractivity contribution in [2.24, 2.45) is 5.92 Å². The van der Waals surface area contributed by atoms with Crippen molar-refractivity contribution in [3.05, 3.63) is 18.7 Å². The maximum absolute atomic E-state index is 4.38. The van der Waals surface area contributed by atoms with Crippen LogP contribution in [0.15, 0.2) is 18.7 Å². The Bertz CT molecular complexity index is 634. The molecule has 0 spiro atoms. The van der Waals surface area contributed by atoms with E-state index >= 15 is 0 Å². The van der Waals surface area contributed by atoms with Crippen LogP contribution < -0.4 is 0 Å². The van der Waals surface area contributed by atoms with Crippen molar-refractivity contribution < 1.29 is 0 Å². The fraction of sp³-hybridized carbons (Fsp3) is 0.925. The molecule has 0 aliphatic rings. The number of hydrogen-bond acceptors (Lipinski definition) is 1. The molecule has 0 bridgehead atoms. The highest BCUT2D eigenvalue weighted by Crippen LogP contribution is 2.34. The summed E-state index contributed by atoms with van der Waals surface area (Å²) < 4.78 is 2.38. The Labute approximate surface area is 266 Å². The first-order chi connectivity index (χ1) is 20.6. The summed E-state index contributed by atoms with van der Waals surface area (Å²) in [6.45, 7) is 9.52. The summed E-state index contributed by atoms with van der Waals surface area (Å²) in [7, 11) is 0. The highest BCUT2D eigenvalue weighted by molar-refractivity contribution is 4.90. The number of nitrogens with zero attached hydrogens (tertiary/aromatic N) is 2. The van der Waals surface area contributed by atoms with Crippen molar-refractivity contribution in [2.45, 2.75) is 232 Å². The van der Waals surface area contributed by atoms with Crippen molar-refractivity contribution in [1.82, 2.24) is 9.55 Å². The highest BCUT2D eigenvalue weighted by Gasteiger charge is 2.30. The van der Waals surface area contributed by atoms with Crippen LogP contribution in [-0.4, -0.2) is 9.55 Å². The van der Waals surface area contributed by atoms with Gasteiger partial charge < -0.3 is 4.57 Å². The molecule has 42 heavy (non-hydrogen) atoms. The van der Waals surface area contributed by atoms with Crippen LogP contribution in [0, 0.1) is 5.92 Å². The second-order valence-electron chi connectivity index (χ2n) is 14.4. The van der Waals surface area contributed by atoms with Crippen molar-refractivity contribution >= 4 is 0 Å². The summed E-state index contributed by atoms with van der Waals surface area (Å²) in [4.78, 5) is 4.38. The van der Waals surface area contributed by atoms with Crippen LogP contribution in [0.1, 0.15) is 227 Å². The molecule has 0 radical (unpaired) electrons. The Morgan fingerprint density at radius 2 is 0.738 bits per heavy atom. The summed E-state index contributed by atoms with van der Waals surface area (Å²) in [5, 5.41) is 0. The molecule has 0 aromatic carbocycles. The first kappa shape index (κ1) is 39.2. The topological polar surface area (TPSA) is 17.8 Å². The standard InChI is InChI=1S/C40H78N2/c1-5-7-9-11-13-15-17-19-20-21-23-25-27-29-31-33-35-39(40(3,4)42-37-36-41-38-42)34-32-30-28-26-24-22-18-16-14-12-10-8-6-2/h36-39H,5-35H2,1-4H3. The molecule has 1 atom stereocenters. The molecule has 2 heteroatoms. The molecule has 1 aromatic rings. The zero-order valence-corrected chi connectivity index (χ0v) is 29.6. The van der Waals surface area contributed by atoms with E-state index in [1.807, 2.05) is 12.5 Å². The number of unbranched alkanes of at least 4 members (excludes halogenated alkanes) is 27. The third-order valence-corrected chi connectivity index (χ3v) is 10.2. The molecule has 1 unspecified atom stereocenters. The Morgan fingerprint density at radius 3 is 1.00 bits per heavy atom. The zero-order valence-electron chi connectivity index (χ0n) is 29.6. The molecule has 0 aliphatic carbocycles. The average Bonchev–Trinajstić information content (AvgIpc) is 3.54. The smallest absolute Gasteiger partial charge is 0.0951 e. The van der Waals surface area contributed by atoms with Gasteiger partial charge in [-0.25, -0.2) is 4.98 Å². The first-order valence-electron chi connectivity index (χ1n) is 19.6. The van der Waals surface area contributed by atoms with Gasteiger partial charge in [-0.3, -0.25) is 0 Å². The van der Waals surface area contributed by atoms with E-state index in [-0.39, 0.29) is 5.54 Å². The van der Waals surface area contributed by atoms with Gasteiger partial charge in [-0.2, -0.15) is 0 Å². The lowest BCUT2D eigenvalue weighted by Gasteiger charge is -2.36. The van der Waals surface area contributed by atoms with Crippen LogP contribution in [0.3, 0.4) is 0 Å². The van der Waals surface area contributed by atoms with Crippen molar-refractivity contribution in [2.75, 3.05) is 0 Å². The van der Waals surface area contributed by atoms with Crippen LogP contribution in [0.25, 0.3) is 0 Å². The molecular weight excluding hydrogens is 508 g/mol. The molecule has 1 heterocycles. The Hall–Kier alpha value is -0.790.